The van der Waals surface area contributed by atoms with Crippen molar-refractivity contribution in [3.63, 3.8) is 0 Å². The highest BCUT2D eigenvalue weighted by Crippen LogP contribution is 2.41. The Labute approximate surface area is 174 Å². The average Bonchev–Trinajstić information content (AvgIpc) is 2.67. The Kier molecular flexibility index (Phi) is 6.84. The van der Waals surface area contributed by atoms with Gasteiger partial charge in [0.1, 0.15) is 11.4 Å². The molecule has 0 aliphatic carbocycles. The molecule has 29 heavy (non-hydrogen) atoms. The van der Waals surface area contributed by atoms with E-state index in [9.17, 15) is 4.79 Å². The van der Waals surface area contributed by atoms with Crippen LogP contribution in [-0.2, 0) is 15.2 Å². The number of carbonyl (C=O) groups is 1. The SMILES string of the molecule is COc1ccccc1C1(F)CCN(C(=O)[C@H](C(C)C)N2C[C@@H](C)O[C@@H](C)C2)CC1. The fourth-order valence-corrected chi connectivity index (χ4v) is 4.86. The molecule has 0 aromatic heterocycles. The van der Waals surface area contributed by atoms with Gasteiger partial charge in [-0.3, -0.25) is 9.69 Å². The smallest absolute Gasteiger partial charge is 0.240 e. The van der Waals surface area contributed by atoms with Crippen molar-refractivity contribution in [2.45, 2.75) is 64.5 Å². The maximum Gasteiger partial charge on any atom is 0.240 e. The van der Waals surface area contributed by atoms with Crippen LogP contribution in [0.25, 0.3) is 0 Å². The molecule has 0 unspecified atom stereocenters. The van der Waals surface area contributed by atoms with Crippen LogP contribution in [0, 0.1) is 5.92 Å². The number of morpholine rings is 1. The Balaban J connectivity index is 1.71. The predicted molar refractivity (Wildman–Crippen MR) is 112 cm³/mol. The lowest BCUT2D eigenvalue weighted by atomic mass is 9.85. The van der Waals surface area contributed by atoms with Crippen molar-refractivity contribution < 1.29 is 18.7 Å². The molecule has 2 aliphatic heterocycles. The minimum absolute atomic E-state index is 0.109. The molecular formula is C23H35FN2O3. The zero-order valence-corrected chi connectivity index (χ0v) is 18.4. The van der Waals surface area contributed by atoms with Gasteiger partial charge in [-0.25, -0.2) is 4.39 Å². The normalized spacial score (nSPS) is 26.4. The summed E-state index contributed by atoms with van der Waals surface area (Å²) in [5, 5.41) is 0. The Morgan fingerprint density at radius 2 is 1.76 bits per heavy atom. The number of likely N-dealkylation sites (tertiary alicyclic amines) is 1. The van der Waals surface area contributed by atoms with Gasteiger partial charge in [-0.1, -0.05) is 32.0 Å². The van der Waals surface area contributed by atoms with Crippen LogP contribution in [-0.4, -0.2) is 67.2 Å². The second kappa shape index (κ2) is 9.00. The highest BCUT2D eigenvalue weighted by atomic mass is 19.1. The first-order valence-corrected chi connectivity index (χ1v) is 10.8. The molecule has 1 aromatic rings. The highest BCUT2D eigenvalue weighted by molar-refractivity contribution is 5.82. The molecule has 2 fully saturated rings. The van der Waals surface area contributed by atoms with E-state index < -0.39 is 5.67 Å². The molecule has 5 nitrogen and oxygen atoms in total. The third-order valence-electron chi connectivity index (χ3n) is 6.18. The molecule has 2 saturated heterocycles. The largest absolute Gasteiger partial charge is 0.496 e. The molecule has 0 radical (unpaired) electrons. The molecule has 3 atom stereocenters. The van der Waals surface area contributed by atoms with Crippen molar-refractivity contribution in [3.8, 4) is 5.75 Å². The van der Waals surface area contributed by atoms with Crippen LogP contribution >= 0.6 is 0 Å². The van der Waals surface area contributed by atoms with E-state index in [0.717, 1.165) is 13.1 Å². The van der Waals surface area contributed by atoms with Crippen LogP contribution < -0.4 is 4.74 Å². The topological polar surface area (TPSA) is 42.0 Å². The summed E-state index contributed by atoms with van der Waals surface area (Å²) in [5.74, 6) is 0.876. The van der Waals surface area contributed by atoms with Crippen molar-refractivity contribution in [1.82, 2.24) is 9.80 Å². The van der Waals surface area contributed by atoms with Gasteiger partial charge in [-0.15, -0.1) is 0 Å². The van der Waals surface area contributed by atoms with Crippen LogP contribution in [0.5, 0.6) is 5.75 Å². The van der Waals surface area contributed by atoms with E-state index in [0.29, 0.717) is 37.2 Å². The van der Waals surface area contributed by atoms with Gasteiger partial charge in [0.25, 0.3) is 0 Å². The molecule has 6 heteroatoms. The van der Waals surface area contributed by atoms with Crippen molar-refractivity contribution in [1.29, 1.82) is 0 Å². The lowest BCUT2D eigenvalue weighted by Gasteiger charge is -2.44. The molecule has 0 spiro atoms. The molecule has 162 valence electrons. The first kappa shape index (κ1) is 22.0. The maximum atomic E-state index is 15.8. The summed E-state index contributed by atoms with van der Waals surface area (Å²) in [6.07, 6.45) is 0.802. The van der Waals surface area contributed by atoms with Crippen LogP contribution in [0.1, 0.15) is 46.1 Å². The fraction of sp³-hybridized carbons (Fsp3) is 0.696. The van der Waals surface area contributed by atoms with E-state index in [4.69, 9.17) is 9.47 Å². The Hall–Kier alpha value is -1.66. The van der Waals surface area contributed by atoms with Gasteiger partial charge < -0.3 is 14.4 Å². The monoisotopic (exact) mass is 406 g/mol. The van der Waals surface area contributed by atoms with Crippen molar-refractivity contribution in [3.05, 3.63) is 29.8 Å². The molecule has 1 aromatic carbocycles. The average molecular weight is 407 g/mol. The first-order valence-electron chi connectivity index (χ1n) is 10.8. The van der Waals surface area contributed by atoms with Crippen molar-refractivity contribution in [2.75, 3.05) is 33.3 Å². The van der Waals surface area contributed by atoms with Gasteiger partial charge >= 0.3 is 0 Å². The quantitative estimate of drug-likeness (QED) is 0.749. The molecule has 0 N–H and O–H groups in total. The lowest BCUT2D eigenvalue weighted by molar-refractivity contribution is -0.148. The van der Waals surface area contributed by atoms with E-state index >= 15 is 4.39 Å². The van der Waals surface area contributed by atoms with Crippen molar-refractivity contribution >= 4 is 5.91 Å². The summed E-state index contributed by atoms with van der Waals surface area (Å²) in [6, 6.07) is 7.09. The number of nitrogens with zero attached hydrogens (tertiary/aromatic N) is 2. The number of para-hydroxylation sites is 1. The van der Waals surface area contributed by atoms with E-state index in [1.807, 2.05) is 17.0 Å². The zero-order chi connectivity index (χ0) is 21.2. The highest BCUT2D eigenvalue weighted by Gasteiger charge is 2.42. The Morgan fingerprint density at radius 3 is 2.31 bits per heavy atom. The fourth-order valence-electron chi connectivity index (χ4n) is 4.86. The van der Waals surface area contributed by atoms with Crippen LogP contribution in [0.3, 0.4) is 0 Å². The second-order valence-electron chi connectivity index (χ2n) is 8.89. The number of methoxy groups -OCH3 is 1. The minimum Gasteiger partial charge on any atom is -0.496 e. The van der Waals surface area contributed by atoms with Gasteiger partial charge in [0.15, 0.2) is 0 Å². The van der Waals surface area contributed by atoms with E-state index in [2.05, 4.69) is 32.6 Å². The number of carbonyl (C=O) groups excluding carboxylic acids is 1. The summed E-state index contributed by atoms with van der Waals surface area (Å²) >= 11 is 0. The molecule has 0 saturated carbocycles. The Bertz CT molecular complexity index is 693. The summed E-state index contributed by atoms with van der Waals surface area (Å²) in [7, 11) is 1.57. The number of piperidine rings is 1. The summed E-state index contributed by atoms with van der Waals surface area (Å²) < 4.78 is 27.0. The zero-order valence-electron chi connectivity index (χ0n) is 18.4. The second-order valence-corrected chi connectivity index (χ2v) is 8.89. The van der Waals surface area contributed by atoms with Crippen LogP contribution in [0.2, 0.25) is 0 Å². The number of halogens is 1. The third-order valence-corrected chi connectivity index (χ3v) is 6.18. The summed E-state index contributed by atoms with van der Waals surface area (Å²) in [6.45, 7) is 10.6. The van der Waals surface area contributed by atoms with Gasteiger partial charge in [0.2, 0.25) is 5.91 Å². The number of hydrogen-bond donors (Lipinski definition) is 0. The molecule has 0 bridgehead atoms. The number of amides is 1. The number of ether oxygens (including phenoxy) is 2. The number of rotatable bonds is 5. The number of alkyl halides is 1. The van der Waals surface area contributed by atoms with E-state index in [1.54, 1.807) is 19.2 Å². The minimum atomic E-state index is -1.46. The number of benzene rings is 1. The van der Waals surface area contributed by atoms with Crippen molar-refractivity contribution in [2.24, 2.45) is 5.92 Å². The lowest BCUT2D eigenvalue weighted by Crippen LogP contribution is -2.58. The predicted octanol–water partition coefficient (Wildman–Crippen LogP) is 3.62. The standard InChI is InChI=1S/C23H35FN2O3/c1-16(2)21(26-14-17(3)29-18(4)15-26)22(27)25-12-10-23(24,11-13-25)19-8-6-7-9-20(19)28-5/h6-9,16-18,21H,10-15H2,1-5H3/t17-,18+,21-/m0/s1. The molecule has 1 amide bonds. The number of hydrogen-bond acceptors (Lipinski definition) is 4. The van der Waals surface area contributed by atoms with Gasteiger partial charge in [0.05, 0.1) is 25.4 Å². The third kappa shape index (κ3) is 4.75. The Morgan fingerprint density at radius 1 is 1.17 bits per heavy atom. The van der Waals surface area contributed by atoms with E-state index in [1.165, 1.54) is 0 Å². The van der Waals surface area contributed by atoms with Crippen LogP contribution in [0.4, 0.5) is 4.39 Å². The molecule has 2 aliphatic rings. The first-order chi connectivity index (χ1) is 13.7. The van der Waals surface area contributed by atoms with Gasteiger partial charge in [-0.05, 0) is 25.8 Å². The van der Waals surface area contributed by atoms with E-state index in [-0.39, 0.29) is 30.1 Å². The maximum absolute atomic E-state index is 15.8. The van der Waals surface area contributed by atoms with Gasteiger partial charge in [0, 0.05) is 44.6 Å². The molecule has 3 rings (SSSR count). The van der Waals surface area contributed by atoms with Crippen LogP contribution in [0.15, 0.2) is 24.3 Å². The summed E-state index contributed by atoms with van der Waals surface area (Å²) in [5.41, 5.74) is -0.871. The van der Waals surface area contributed by atoms with Gasteiger partial charge in [-0.2, -0.15) is 0 Å². The molecular weight excluding hydrogens is 371 g/mol. The summed E-state index contributed by atoms with van der Waals surface area (Å²) in [4.78, 5) is 17.5. The molecule has 2 heterocycles.